The van der Waals surface area contributed by atoms with Crippen molar-refractivity contribution < 1.29 is 28.6 Å². The number of hydrogen-bond acceptors (Lipinski definition) is 8. The molecule has 2 aromatic heterocycles. The molecule has 0 N–H and O–H groups in total. The molecule has 1 atom stereocenters. The largest absolute Gasteiger partial charge is 0.445 e. The summed E-state index contributed by atoms with van der Waals surface area (Å²) in [5.74, 6) is 1.24. The van der Waals surface area contributed by atoms with E-state index in [1.165, 1.54) is 0 Å². The molecular formula is C35H46N6O6. The zero-order valence-corrected chi connectivity index (χ0v) is 28.1. The van der Waals surface area contributed by atoms with Gasteiger partial charge in [-0.05, 0) is 57.9 Å². The first-order valence-corrected chi connectivity index (χ1v) is 16.8. The number of ether oxygens (including phenoxy) is 3. The van der Waals surface area contributed by atoms with E-state index in [9.17, 15) is 14.4 Å². The molecule has 47 heavy (non-hydrogen) atoms. The predicted octanol–water partition coefficient (Wildman–Crippen LogP) is 6.48. The van der Waals surface area contributed by atoms with Gasteiger partial charge in [-0.3, -0.25) is 4.90 Å². The van der Waals surface area contributed by atoms with Crippen LogP contribution in [-0.4, -0.2) is 86.6 Å². The van der Waals surface area contributed by atoms with Gasteiger partial charge in [0, 0.05) is 55.3 Å². The second kappa shape index (κ2) is 13.4. The number of piperidine rings is 1. The summed E-state index contributed by atoms with van der Waals surface area (Å²) >= 11 is 0. The van der Waals surface area contributed by atoms with Crippen molar-refractivity contribution in [3.8, 4) is 0 Å². The van der Waals surface area contributed by atoms with Crippen LogP contribution in [-0.2, 0) is 20.8 Å². The minimum Gasteiger partial charge on any atom is -0.445 e. The normalized spacial score (nSPS) is 18.9. The van der Waals surface area contributed by atoms with E-state index in [0.29, 0.717) is 57.2 Å². The summed E-state index contributed by atoms with van der Waals surface area (Å²) in [7, 11) is 0. The molecule has 6 rings (SSSR count). The monoisotopic (exact) mass is 646 g/mol. The maximum atomic E-state index is 13.9. The molecule has 3 aliphatic rings. The molecule has 1 aliphatic carbocycles. The van der Waals surface area contributed by atoms with Gasteiger partial charge in [-0.1, -0.05) is 44.2 Å². The summed E-state index contributed by atoms with van der Waals surface area (Å²) in [4.78, 5) is 49.7. The van der Waals surface area contributed by atoms with Crippen LogP contribution in [0.15, 0.2) is 42.6 Å². The number of carbonyl (C=O) groups excluding carboxylic acids is 3. The lowest BCUT2D eigenvalue weighted by atomic mass is 10.0. The lowest BCUT2D eigenvalue weighted by molar-refractivity contribution is 0.0493. The highest BCUT2D eigenvalue weighted by atomic mass is 16.6. The maximum Gasteiger partial charge on any atom is 0.416 e. The number of fused-ring (bicyclic) bond motifs is 1. The van der Waals surface area contributed by atoms with Crippen LogP contribution in [0.25, 0.3) is 5.65 Å². The van der Waals surface area contributed by atoms with Crippen LogP contribution in [0.5, 0.6) is 0 Å². The molecule has 3 fully saturated rings. The molecule has 0 bridgehead atoms. The van der Waals surface area contributed by atoms with Crippen LogP contribution in [0.2, 0.25) is 0 Å². The highest BCUT2D eigenvalue weighted by Gasteiger charge is 2.38. The van der Waals surface area contributed by atoms with Gasteiger partial charge >= 0.3 is 18.3 Å². The van der Waals surface area contributed by atoms with Crippen molar-refractivity contribution in [3.63, 3.8) is 0 Å². The van der Waals surface area contributed by atoms with Gasteiger partial charge in [0.2, 0.25) is 0 Å². The molecule has 12 nitrogen and oxygen atoms in total. The van der Waals surface area contributed by atoms with E-state index >= 15 is 0 Å². The molecule has 12 heteroatoms. The number of hydrogen-bond donors (Lipinski definition) is 0. The fourth-order valence-electron chi connectivity index (χ4n) is 6.21. The SMILES string of the molecule is CC(C)c1cnn2c(N(C(=O)OC(C)(C)C)C3CCN(C(=O)OC4CCN(C(=O)OCc5ccccc5)C4)CC3)cc(C3CC3)nc12. The Morgan fingerprint density at radius 2 is 1.66 bits per heavy atom. The van der Waals surface area contributed by atoms with Gasteiger partial charge in [-0.25, -0.2) is 19.4 Å². The average Bonchev–Trinajstić information content (AvgIpc) is 3.62. The molecular weight excluding hydrogens is 600 g/mol. The Bertz CT molecular complexity index is 1590. The zero-order valence-electron chi connectivity index (χ0n) is 28.1. The van der Waals surface area contributed by atoms with Gasteiger partial charge in [-0.15, -0.1) is 0 Å². The molecule has 3 aromatic rings. The van der Waals surface area contributed by atoms with Crippen molar-refractivity contribution in [2.24, 2.45) is 0 Å². The van der Waals surface area contributed by atoms with Gasteiger partial charge in [0.15, 0.2) is 5.65 Å². The topological polar surface area (TPSA) is 119 Å². The van der Waals surface area contributed by atoms with Crippen LogP contribution in [0.1, 0.15) is 95.4 Å². The standard InChI is InChI=1S/C35H46N6O6/c1-23(2)28-20-36-41-30(19-29(25-11-12-25)37-31(28)41)40(34(44)47-35(3,4)5)26-13-16-38(17-14-26)33(43)46-27-15-18-39(21-27)32(42)45-22-24-9-7-6-8-10-24/h6-10,19-20,23,25-27H,11-18,21-22H2,1-5H3. The third kappa shape index (κ3) is 7.63. The highest BCUT2D eigenvalue weighted by Crippen LogP contribution is 2.41. The lowest BCUT2D eigenvalue weighted by Gasteiger charge is -2.38. The van der Waals surface area contributed by atoms with Gasteiger partial charge in [-0.2, -0.15) is 9.61 Å². The highest BCUT2D eigenvalue weighted by molar-refractivity contribution is 5.88. The molecule has 1 aromatic carbocycles. The number of carbonyl (C=O) groups is 3. The van der Waals surface area contributed by atoms with Crippen molar-refractivity contribution in [1.82, 2.24) is 24.4 Å². The summed E-state index contributed by atoms with van der Waals surface area (Å²) in [6.07, 6.45) is 3.96. The predicted molar refractivity (Wildman–Crippen MR) is 175 cm³/mol. The van der Waals surface area contributed by atoms with E-state index in [2.05, 4.69) is 18.9 Å². The van der Waals surface area contributed by atoms with Crippen LogP contribution in [0.4, 0.5) is 20.2 Å². The second-order valence-electron chi connectivity index (χ2n) is 14.2. The molecule has 4 heterocycles. The molecule has 1 unspecified atom stereocenters. The smallest absolute Gasteiger partial charge is 0.416 e. The Hall–Kier alpha value is -4.35. The van der Waals surface area contributed by atoms with Crippen molar-refractivity contribution in [2.45, 2.75) is 103 Å². The van der Waals surface area contributed by atoms with E-state index in [1.54, 1.807) is 19.2 Å². The molecule has 0 radical (unpaired) electrons. The van der Waals surface area contributed by atoms with E-state index in [4.69, 9.17) is 19.2 Å². The van der Waals surface area contributed by atoms with Crippen LogP contribution in [0.3, 0.4) is 0 Å². The maximum absolute atomic E-state index is 13.9. The summed E-state index contributed by atoms with van der Waals surface area (Å²) < 4.78 is 19.0. The molecule has 3 amide bonds. The second-order valence-corrected chi connectivity index (χ2v) is 14.2. The van der Waals surface area contributed by atoms with Crippen LogP contribution >= 0.6 is 0 Å². The number of amides is 3. The van der Waals surface area contributed by atoms with Crippen molar-refractivity contribution >= 4 is 29.7 Å². The van der Waals surface area contributed by atoms with Crippen LogP contribution in [0, 0.1) is 0 Å². The van der Waals surface area contributed by atoms with E-state index in [0.717, 1.165) is 35.3 Å². The van der Waals surface area contributed by atoms with E-state index < -0.39 is 30.0 Å². The minimum absolute atomic E-state index is 0.197. The van der Waals surface area contributed by atoms with Crippen LogP contribution < -0.4 is 4.90 Å². The Balaban J connectivity index is 1.11. The fourth-order valence-corrected chi connectivity index (χ4v) is 6.21. The molecule has 2 aliphatic heterocycles. The Morgan fingerprint density at radius 1 is 0.957 bits per heavy atom. The first-order chi connectivity index (χ1) is 22.5. The minimum atomic E-state index is -0.693. The van der Waals surface area contributed by atoms with Gasteiger partial charge < -0.3 is 24.0 Å². The van der Waals surface area contributed by atoms with Gasteiger partial charge in [0.25, 0.3) is 0 Å². The first kappa shape index (κ1) is 32.6. The summed E-state index contributed by atoms with van der Waals surface area (Å²) in [6, 6.07) is 11.3. The van der Waals surface area contributed by atoms with Crippen molar-refractivity contribution in [1.29, 1.82) is 0 Å². The lowest BCUT2D eigenvalue weighted by Crippen LogP contribution is -2.51. The van der Waals surface area contributed by atoms with Gasteiger partial charge in [0.1, 0.15) is 24.1 Å². The van der Waals surface area contributed by atoms with Crippen molar-refractivity contribution in [3.05, 3.63) is 59.4 Å². The number of anilines is 1. The average molecular weight is 647 g/mol. The number of likely N-dealkylation sites (tertiary alicyclic amines) is 2. The quantitative estimate of drug-likeness (QED) is 0.268. The molecule has 252 valence electrons. The van der Waals surface area contributed by atoms with E-state index in [1.807, 2.05) is 63.4 Å². The number of aromatic nitrogens is 3. The van der Waals surface area contributed by atoms with Gasteiger partial charge in [0.05, 0.1) is 12.7 Å². The number of nitrogens with zero attached hydrogens (tertiary/aromatic N) is 6. The Kier molecular flexibility index (Phi) is 9.29. The zero-order chi connectivity index (χ0) is 33.3. The molecule has 2 saturated heterocycles. The third-order valence-electron chi connectivity index (χ3n) is 8.92. The Labute approximate surface area is 275 Å². The summed E-state index contributed by atoms with van der Waals surface area (Å²) in [5, 5.41) is 4.68. The third-order valence-corrected chi connectivity index (χ3v) is 8.92. The molecule has 0 spiro atoms. The Morgan fingerprint density at radius 3 is 2.32 bits per heavy atom. The first-order valence-electron chi connectivity index (χ1n) is 16.8. The van der Waals surface area contributed by atoms with Crippen molar-refractivity contribution in [2.75, 3.05) is 31.1 Å². The number of rotatable bonds is 7. The summed E-state index contributed by atoms with van der Waals surface area (Å²) in [5.41, 5.74) is 2.99. The fraction of sp³-hybridized carbons (Fsp3) is 0.571. The number of benzene rings is 1. The molecule has 1 saturated carbocycles. The summed E-state index contributed by atoms with van der Waals surface area (Å²) in [6.45, 7) is 11.6. The van der Waals surface area contributed by atoms with E-state index in [-0.39, 0.29) is 18.6 Å².